The molecule has 0 fully saturated rings. The van der Waals surface area contributed by atoms with E-state index in [0.29, 0.717) is 0 Å². The van der Waals surface area contributed by atoms with Gasteiger partial charge in [-0.05, 0) is 37.5 Å². The van der Waals surface area contributed by atoms with Gasteiger partial charge in [-0.15, -0.1) is 0 Å². The van der Waals surface area contributed by atoms with E-state index in [9.17, 15) is 19.8 Å². The zero-order valence-electron chi connectivity index (χ0n) is 18.8. The third-order valence-corrected chi connectivity index (χ3v) is 4.29. The van der Waals surface area contributed by atoms with E-state index in [4.69, 9.17) is 0 Å². The molecule has 0 amide bonds. The van der Waals surface area contributed by atoms with Crippen molar-refractivity contribution in [2.75, 3.05) is 0 Å². The summed E-state index contributed by atoms with van der Waals surface area (Å²) in [6.45, 7) is 8.30. The molecular formula is C22H44O4Sn. The van der Waals surface area contributed by atoms with Gasteiger partial charge in [-0.25, -0.2) is 0 Å². The minimum absolute atomic E-state index is 0.204. The predicted octanol–water partition coefficient (Wildman–Crippen LogP) is 4.25. The second-order valence-electron chi connectivity index (χ2n) is 7.10. The van der Waals surface area contributed by atoms with E-state index >= 15 is 0 Å². The van der Waals surface area contributed by atoms with Gasteiger partial charge in [0.25, 0.3) is 0 Å². The van der Waals surface area contributed by atoms with Crippen LogP contribution in [0.3, 0.4) is 0 Å². The second kappa shape index (κ2) is 25.7. The Morgan fingerprint density at radius 2 is 0.815 bits per heavy atom. The zero-order valence-corrected chi connectivity index (χ0v) is 21.6. The van der Waals surface area contributed by atoms with Crippen molar-refractivity contribution >= 4 is 33.1 Å². The zero-order chi connectivity index (χ0) is 21.5. The van der Waals surface area contributed by atoms with Crippen molar-refractivity contribution in [1.82, 2.24) is 0 Å². The molecule has 0 aliphatic rings. The first kappa shape index (κ1) is 31.4. The summed E-state index contributed by atoms with van der Waals surface area (Å²) in [5.74, 6) is -2.14. The second-order valence-corrected chi connectivity index (χ2v) is 9.95. The molecule has 5 heteroatoms. The monoisotopic (exact) mass is 492 g/mol. The molecule has 0 atom stereocenters. The normalized spacial score (nSPS) is 9.78. The number of rotatable bonds is 14. The first-order valence-corrected chi connectivity index (χ1v) is 16.6. The van der Waals surface area contributed by atoms with Crippen LogP contribution in [-0.2, 0) is 9.59 Å². The molecule has 4 nitrogen and oxygen atoms in total. The van der Waals surface area contributed by atoms with Crippen LogP contribution >= 0.6 is 0 Å². The van der Waals surface area contributed by atoms with Gasteiger partial charge >= 0.3 is 31.0 Å². The Kier molecular flexibility index (Phi) is 30.0. The summed E-state index contributed by atoms with van der Waals surface area (Å²) in [7, 11) is 0. The Morgan fingerprint density at radius 1 is 0.630 bits per heavy atom. The number of hydrogen-bond acceptors (Lipinski definition) is 4. The molecule has 0 aromatic heterocycles. The van der Waals surface area contributed by atoms with Gasteiger partial charge in [0.05, 0.1) is 0 Å². The minimum atomic E-state index is -0.864. The van der Waals surface area contributed by atoms with Crippen LogP contribution in [0.2, 0.25) is 9.88 Å². The van der Waals surface area contributed by atoms with Gasteiger partial charge < -0.3 is 19.8 Å². The van der Waals surface area contributed by atoms with Crippen LogP contribution in [-0.4, -0.2) is 33.1 Å². The molecule has 0 saturated carbocycles. The third kappa shape index (κ3) is 25.7. The topological polar surface area (TPSA) is 80.3 Å². The van der Waals surface area contributed by atoms with Crippen molar-refractivity contribution in [2.45, 2.75) is 115 Å². The van der Waals surface area contributed by atoms with Crippen LogP contribution in [0.5, 0.6) is 0 Å². The third-order valence-electron chi connectivity index (χ3n) is 4.29. The number of aliphatic carboxylic acids is 2. The fraction of sp³-hybridized carbons (Fsp3) is 0.909. The van der Waals surface area contributed by atoms with Crippen molar-refractivity contribution in [2.24, 2.45) is 11.8 Å². The van der Waals surface area contributed by atoms with E-state index < -0.39 is 11.9 Å². The average molecular weight is 491 g/mol. The van der Waals surface area contributed by atoms with Gasteiger partial charge in [0.15, 0.2) is 0 Å². The molecule has 0 radical (unpaired) electrons. The summed E-state index contributed by atoms with van der Waals surface area (Å²) >= 11 is 0.230. The van der Waals surface area contributed by atoms with Crippen molar-refractivity contribution < 1.29 is 19.8 Å². The molecule has 160 valence electrons. The van der Waals surface area contributed by atoms with E-state index in [-0.39, 0.29) is 33.0 Å². The van der Waals surface area contributed by atoms with Crippen molar-refractivity contribution in [3.05, 3.63) is 0 Å². The number of hydrogen-bond donors (Lipinski definition) is 0. The van der Waals surface area contributed by atoms with E-state index in [2.05, 4.69) is 37.6 Å². The molecule has 0 rings (SSSR count). The SMILES string of the molecule is CCCCC(CCCC)C(=O)[O-].CCCCC(CCCC)C(=O)[O-].[CH3][Sn+2][CH3]. The van der Waals surface area contributed by atoms with Gasteiger partial charge in [-0.1, -0.05) is 79.1 Å². The van der Waals surface area contributed by atoms with Crippen molar-refractivity contribution in [3.8, 4) is 0 Å². The molecule has 27 heavy (non-hydrogen) atoms. The summed E-state index contributed by atoms with van der Waals surface area (Å²) in [5, 5.41) is 21.2. The van der Waals surface area contributed by atoms with Gasteiger partial charge in [0, 0.05) is 11.9 Å². The Balaban J connectivity index is -0.000000372. The Labute approximate surface area is 179 Å². The van der Waals surface area contributed by atoms with Crippen LogP contribution in [0.25, 0.3) is 0 Å². The Bertz CT molecular complexity index is 275. The van der Waals surface area contributed by atoms with E-state index in [1.165, 1.54) is 0 Å². The number of carbonyl (C=O) groups is 2. The molecule has 0 aromatic carbocycles. The van der Waals surface area contributed by atoms with Crippen molar-refractivity contribution in [1.29, 1.82) is 0 Å². The Morgan fingerprint density at radius 3 is 0.926 bits per heavy atom. The molecule has 0 heterocycles. The van der Waals surface area contributed by atoms with Crippen LogP contribution in [0, 0.1) is 11.8 Å². The van der Waals surface area contributed by atoms with E-state index in [1.807, 2.05) is 0 Å². The summed E-state index contributed by atoms with van der Waals surface area (Å²) in [5.41, 5.74) is 0. The molecule has 0 bridgehead atoms. The van der Waals surface area contributed by atoms with Crippen LogP contribution < -0.4 is 10.2 Å². The molecule has 0 saturated heterocycles. The average Bonchev–Trinajstić information content (AvgIpc) is 2.62. The molecule has 0 unspecified atom stereocenters. The first-order valence-electron chi connectivity index (χ1n) is 10.9. The Hall–Kier alpha value is -0.261. The molecule has 0 spiro atoms. The summed E-state index contributed by atoms with van der Waals surface area (Å²) in [6, 6.07) is 0. The summed E-state index contributed by atoms with van der Waals surface area (Å²) in [4.78, 5) is 25.8. The van der Waals surface area contributed by atoms with E-state index in [0.717, 1.165) is 77.0 Å². The fourth-order valence-electron chi connectivity index (χ4n) is 2.56. The predicted molar refractivity (Wildman–Crippen MR) is 113 cm³/mol. The van der Waals surface area contributed by atoms with E-state index in [1.54, 1.807) is 0 Å². The van der Waals surface area contributed by atoms with Crippen LogP contribution in [0.15, 0.2) is 0 Å². The quantitative estimate of drug-likeness (QED) is 0.341. The number of carbonyl (C=O) groups excluding carboxylic acids is 2. The molecular weight excluding hydrogens is 447 g/mol. The molecule has 0 N–H and O–H groups in total. The maximum atomic E-state index is 10.6. The fourth-order valence-corrected chi connectivity index (χ4v) is 2.56. The van der Waals surface area contributed by atoms with Gasteiger partial charge in [0.2, 0.25) is 0 Å². The van der Waals surface area contributed by atoms with Gasteiger partial charge in [-0.2, -0.15) is 0 Å². The van der Waals surface area contributed by atoms with Crippen LogP contribution in [0.1, 0.15) is 105 Å². The van der Waals surface area contributed by atoms with Gasteiger partial charge in [0.1, 0.15) is 0 Å². The van der Waals surface area contributed by atoms with Crippen molar-refractivity contribution in [3.63, 3.8) is 0 Å². The number of carboxylic acids is 2. The van der Waals surface area contributed by atoms with Gasteiger partial charge in [-0.3, -0.25) is 0 Å². The molecule has 0 aliphatic carbocycles. The summed E-state index contributed by atoms with van der Waals surface area (Å²) < 4.78 is 0. The number of carboxylic acid groups (broad SMARTS) is 2. The molecule has 0 aromatic rings. The van der Waals surface area contributed by atoms with Crippen LogP contribution in [0.4, 0.5) is 0 Å². The number of unbranched alkanes of at least 4 members (excludes halogenated alkanes) is 4. The first-order chi connectivity index (χ1) is 12.9. The maximum absolute atomic E-state index is 10.6. The molecule has 0 aliphatic heterocycles. The standard InChI is InChI=1S/2C10H20O2.2CH3.Sn/c2*1-3-5-7-9(10(11)12)8-6-4-2;;;/h2*9H,3-8H2,1-2H3,(H,11,12);2*1H3;/q;;;;+2/p-2. The summed E-state index contributed by atoms with van der Waals surface area (Å²) in [6.07, 6.45) is 11.4.